The minimum absolute atomic E-state index is 0.277. The molecule has 1 heterocycles. The Morgan fingerprint density at radius 1 is 1.43 bits per heavy atom. The van der Waals surface area contributed by atoms with Crippen LogP contribution in [0, 0.1) is 11.3 Å². The van der Waals surface area contributed by atoms with Crippen molar-refractivity contribution in [2.45, 2.75) is 51.2 Å². The number of nitriles is 1. The molecule has 1 aliphatic rings. The van der Waals surface area contributed by atoms with Crippen molar-refractivity contribution in [3.63, 3.8) is 0 Å². The van der Waals surface area contributed by atoms with Gasteiger partial charge in [0.2, 0.25) is 0 Å². The first kappa shape index (κ1) is 11.5. The molecule has 1 N–H and O–H groups in total. The van der Waals surface area contributed by atoms with E-state index in [9.17, 15) is 5.11 Å². The number of rotatable bonds is 2. The van der Waals surface area contributed by atoms with Gasteiger partial charge < -0.3 is 10.0 Å². The number of likely N-dealkylation sites (tertiary alicyclic amines) is 1. The first-order chi connectivity index (χ1) is 6.57. The molecule has 0 radical (unpaired) electrons. The van der Waals surface area contributed by atoms with Gasteiger partial charge in [-0.15, -0.1) is 0 Å². The lowest BCUT2D eigenvalue weighted by molar-refractivity contribution is 0.0291. The normalized spacial score (nSPS) is 29.9. The third kappa shape index (κ3) is 2.97. The molecule has 0 aromatic rings. The van der Waals surface area contributed by atoms with Gasteiger partial charge in [-0.3, -0.25) is 0 Å². The summed E-state index contributed by atoms with van der Waals surface area (Å²) in [5.41, 5.74) is -0.724. The standard InChI is InChI=1S/C11H20N2O/c1-10(2)13-8-3-4-11(14,5-7-12)6-9-13/h10,14H,3-6,8-9H2,1-2H3. The van der Waals surface area contributed by atoms with Crippen molar-refractivity contribution in [3.8, 4) is 6.07 Å². The molecule has 0 aromatic heterocycles. The van der Waals surface area contributed by atoms with Gasteiger partial charge in [0, 0.05) is 12.6 Å². The molecule has 1 unspecified atom stereocenters. The van der Waals surface area contributed by atoms with Gasteiger partial charge >= 0.3 is 0 Å². The van der Waals surface area contributed by atoms with Crippen LogP contribution in [0.15, 0.2) is 0 Å². The zero-order chi connectivity index (χ0) is 10.6. The van der Waals surface area contributed by atoms with E-state index in [-0.39, 0.29) is 6.42 Å². The van der Waals surface area contributed by atoms with Gasteiger partial charge in [-0.1, -0.05) is 0 Å². The number of hydrogen-bond acceptors (Lipinski definition) is 3. The quantitative estimate of drug-likeness (QED) is 0.728. The van der Waals surface area contributed by atoms with Gasteiger partial charge in [0.05, 0.1) is 18.1 Å². The zero-order valence-corrected chi connectivity index (χ0v) is 9.16. The molecule has 80 valence electrons. The van der Waals surface area contributed by atoms with Crippen LogP contribution in [0.25, 0.3) is 0 Å². The van der Waals surface area contributed by atoms with E-state index in [0.717, 1.165) is 32.4 Å². The fraction of sp³-hybridized carbons (Fsp3) is 0.909. The molecule has 0 bridgehead atoms. The smallest absolute Gasteiger partial charge is 0.0789 e. The van der Waals surface area contributed by atoms with Crippen LogP contribution in [0.1, 0.15) is 39.5 Å². The van der Waals surface area contributed by atoms with Gasteiger partial charge in [-0.25, -0.2) is 0 Å². The molecule has 1 aliphatic heterocycles. The first-order valence-corrected chi connectivity index (χ1v) is 5.41. The molecule has 0 saturated carbocycles. The van der Waals surface area contributed by atoms with Crippen molar-refractivity contribution in [1.82, 2.24) is 4.90 Å². The lowest BCUT2D eigenvalue weighted by Gasteiger charge is -2.26. The molecule has 14 heavy (non-hydrogen) atoms. The average Bonchev–Trinajstić information content (AvgIpc) is 2.28. The van der Waals surface area contributed by atoms with Crippen molar-refractivity contribution in [2.24, 2.45) is 0 Å². The molecule has 1 rings (SSSR count). The Morgan fingerprint density at radius 3 is 2.71 bits per heavy atom. The van der Waals surface area contributed by atoms with E-state index in [2.05, 4.69) is 24.8 Å². The molecule has 0 aliphatic carbocycles. The van der Waals surface area contributed by atoms with Crippen molar-refractivity contribution in [2.75, 3.05) is 13.1 Å². The molecule has 0 amide bonds. The lowest BCUT2D eigenvalue weighted by atomic mass is 9.92. The van der Waals surface area contributed by atoms with E-state index in [1.807, 2.05) is 0 Å². The van der Waals surface area contributed by atoms with Crippen LogP contribution in [-0.2, 0) is 0 Å². The maximum Gasteiger partial charge on any atom is 0.0789 e. The minimum Gasteiger partial charge on any atom is -0.389 e. The highest BCUT2D eigenvalue weighted by Gasteiger charge is 2.30. The predicted octanol–water partition coefficient (Wildman–Crippen LogP) is 1.53. The van der Waals surface area contributed by atoms with Crippen LogP contribution in [-0.4, -0.2) is 34.7 Å². The second-order valence-corrected chi connectivity index (χ2v) is 4.54. The van der Waals surface area contributed by atoms with Crippen molar-refractivity contribution in [3.05, 3.63) is 0 Å². The molecule has 3 nitrogen and oxygen atoms in total. The fourth-order valence-electron chi connectivity index (χ4n) is 2.04. The molecular weight excluding hydrogens is 176 g/mol. The summed E-state index contributed by atoms with van der Waals surface area (Å²) in [6, 6.07) is 2.62. The molecule has 1 atom stereocenters. The third-order valence-electron chi connectivity index (χ3n) is 3.09. The Kier molecular flexibility index (Phi) is 3.91. The van der Waals surface area contributed by atoms with E-state index in [1.165, 1.54) is 0 Å². The average molecular weight is 196 g/mol. The van der Waals surface area contributed by atoms with Gasteiger partial charge in [0.15, 0.2) is 0 Å². The molecular formula is C11H20N2O. The van der Waals surface area contributed by atoms with E-state index < -0.39 is 5.60 Å². The highest BCUT2D eigenvalue weighted by atomic mass is 16.3. The van der Waals surface area contributed by atoms with E-state index in [4.69, 9.17) is 5.26 Å². The van der Waals surface area contributed by atoms with E-state index in [0.29, 0.717) is 6.04 Å². The highest BCUT2D eigenvalue weighted by molar-refractivity contribution is 4.91. The monoisotopic (exact) mass is 196 g/mol. The van der Waals surface area contributed by atoms with Crippen LogP contribution in [0.2, 0.25) is 0 Å². The molecule has 3 heteroatoms. The van der Waals surface area contributed by atoms with Gasteiger partial charge in [-0.2, -0.15) is 5.26 Å². The summed E-state index contributed by atoms with van der Waals surface area (Å²) >= 11 is 0. The van der Waals surface area contributed by atoms with Crippen molar-refractivity contribution < 1.29 is 5.11 Å². The maximum absolute atomic E-state index is 10.1. The lowest BCUT2D eigenvalue weighted by Crippen LogP contribution is -2.34. The number of hydrogen-bond donors (Lipinski definition) is 1. The zero-order valence-electron chi connectivity index (χ0n) is 9.16. The maximum atomic E-state index is 10.1. The summed E-state index contributed by atoms with van der Waals surface area (Å²) in [6.07, 6.45) is 2.78. The number of nitrogens with zero attached hydrogens (tertiary/aromatic N) is 2. The summed E-state index contributed by atoms with van der Waals surface area (Å²) in [4.78, 5) is 2.37. The topological polar surface area (TPSA) is 47.3 Å². The molecule has 1 saturated heterocycles. The largest absolute Gasteiger partial charge is 0.389 e. The summed E-state index contributed by atoms with van der Waals surface area (Å²) in [5.74, 6) is 0. The Labute approximate surface area is 86.3 Å². The van der Waals surface area contributed by atoms with Crippen molar-refractivity contribution >= 4 is 0 Å². The Bertz CT molecular complexity index is 222. The first-order valence-electron chi connectivity index (χ1n) is 5.41. The SMILES string of the molecule is CC(C)N1CCCC(O)(CC#N)CC1. The van der Waals surface area contributed by atoms with Gasteiger partial charge in [-0.05, 0) is 39.7 Å². The van der Waals surface area contributed by atoms with E-state index in [1.54, 1.807) is 0 Å². The molecule has 0 aromatic carbocycles. The second-order valence-electron chi connectivity index (χ2n) is 4.54. The van der Waals surface area contributed by atoms with Crippen LogP contribution in [0.3, 0.4) is 0 Å². The Hall–Kier alpha value is -0.590. The second kappa shape index (κ2) is 4.77. The Balaban J connectivity index is 2.52. The van der Waals surface area contributed by atoms with Crippen molar-refractivity contribution in [1.29, 1.82) is 5.26 Å². The minimum atomic E-state index is -0.724. The van der Waals surface area contributed by atoms with Gasteiger partial charge in [0.1, 0.15) is 0 Å². The van der Waals surface area contributed by atoms with E-state index >= 15 is 0 Å². The number of aliphatic hydroxyl groups is 1. The summed E-state index contributed by atoms with van der Waals surface area (Å²) in [7, 11) is 0. The highest BCUT2D eigenvalue weighted by Crippen LogP contribution is 2.25. The Morgan fingerprint density at radius 2 is 2.14 bits per heavy atom. The predicted molar refractivity (Wildman–Crippen MR) is 55.7 cm³/mol. The summed E-state index contributed by atoms with van der Waals surface area (Å²) in [5, 5.41) is 18.7. The van der Waals surface area contributed by atoms with Crippen LogP contribution in [0.5, 0.6) is 0 Å². The fourth-order valence-corrected chi connectivity index (χ4v) is 2.04. The molecule has 0 spiro atoms. The third-order valence-corrected chi connectivity index (χ3v) is 3.09. The molecule has 1 fully saturated rings. The van der Waals surface area contributed by atoms with Crippen LogP contribution >= 0.6 is 0 Å². The van der Waals surface area contributed by atoms with Crippen LogP contribution in [0.4, 0.5) is 0 Å². The summed E-state index contributed by atoms with van der Waals surface area (Å²) < 4.78 is 0. The summed E-state index contributed by atoms with van der Waals surface area (Å²) in [6.45, 7) is 6.31. The van der Waals surface area contributed by atoms with Crippen LogP contribution < -0.4 is 0 Å². The van der Waals surface area contributed by atoms with Gasteiger partial charge in [0.25, 0.3) is 0 Å².